The van der Waals surface area contributed by atoms with Gasteiger partial charge in [-0.1, -0.05) is 6.07 Å². The van der Waals surface area contributed by atoms with Crippen molar-refractivity contribution in [2.24, 2.45) is 5.73 Å². The zero-order chi connectivity index (χ0) is 13.4. The highest BCUT2D eigenvalue weighted by Crippen LogP contribution is 2.21. The molecule has 2 N–H and O–H groups in total. The molecule has 3 nitrogen and oxygen atoms in total. The molecule has 3 rings (SSSR count). The van der Waals surface area contributed by atoms with E-state index in [4.69, 9.17) is 5.73 Å². The molecule has 0 aliphatic heterocycles. The number of hydrogen-bond donors (Lipinski definition) is 1. The molecule has 19 heavy (non-hydrogen) atoms. The second-order valence-corrected chi connectivity index (χ2v) is 4.30. The number of carbonyl (C=O) groups excluding carboxylic acids is 1. The Hall–Kier alpha value is -2.62. The van der Waals surface area contributed by atoms with Crippen LogP contribution in [0.15, 0.2) is 54.7 Å². The topological polar surface area (TPSA) is 48.0 Å². The highest BCUT2D eigenvalue weighted by Gasteiger charge is 2.07. The predicted octanol–water partition coefficient (Wildman–Crippen LogP) is 2.87. The monoisotopic (exact) mass is 254 g/mol. The van der Waals surface area contributed by atoms with Crippen molar-refractivity contribution in [3.8, 4) is 5.69 Å². The molecule has 0 radical (unpaired) electrons. The summed E-state index contributed by atoms with van der Waals surface area (Å²) in [4.78, 5) is 11.2. The first-order valence-electron chi connectivity index (χ1n) is 5.82. The number of amides is 1. The minimum Gasteiger partial charge on any atom is -0.366 e. The Bertz CT molecular complexity index is 759. The normalized spacial score (nSPS) is 10.8. The molecule has 0 saturated carbocycles. The molecule has 0 aliphatic carbocycles. The fourth-order valence-electron chi connectivity index (χ4n) is 2.11. The van der Waals surface area contributed by atoms with Crippen molar-refractivity contribution >= 4 is 16.8 Å². The van der Waals surface area contributed by atoms with Gasteiger partial charge >= 0.3 is 0 Å². The maximum Gasteiger partial charge on any atom is 0.248 e. The number of carbonyl (C=O) groups is 1. The van der Waals surface area contributed by atoms with Gasteiger partial charge in [0, 0.05) is 17.4 Å². The van der Waals surface area contributed by atoms with Crippen LogP contribution >= 0.6 is 0 Å². The fraction of sp³-hybridized carbons (Fsp3) is 0. The van der Waals surface area contributed by atoms with E-state index in [1.165, 1.54) is 12.1 Å². The lowest BCUT2D eigenvalue weighted by molar-refractivity contribution is 0.100. The molecule has 1 aromatic heterocycles. The molecule has 4 heteroatoms. The maximum absolute atomic E-state index is 12.9. The lowest BCUT2D eigenvalue weighted by Gasteiger charge is -2.06. The lowest BCUT2D eigenvalue weighted by atomic mass is 10.1. The van der Waals surface area contributed by atoms with Gasteiger partial charge in [0.05, 0.1) is 5.52 Å². The van der Waals surface area contributed by atoms with E-state index in [-0.39, 0.29) is 5.82 Å². The Kier molecular flexibility index (Phi) is 2.56. The van der Waals surface area contributed by atoms with Gasteiger partial charge in [-0.2, -0.15) is 0 Å². The zero-order valence-electron chi connectivity index (χ0n) is 10.0. The molecule has 1 heterocycles. The average molecular weight is 254 g/mol. The van der Waals surface area contributed by atoms with Crippen molar-refractivity contribution in [1.29, 1.82) is 0 Å². The Morgan fingerprint density at radius 3 is 2.47 bits per heavy atom. The quantitative estimate of drug-likeness (QED) is 0.751. The van der Waals surface area contributed by atoms with E-state index in [1.54, 1.807) is 24.3 Å². The summed E-state index contributed by atoms with van der Waals surface area (Å²) in [5.74, 6) is -0.744. The van der Waals surface area contributed by atoms with Gasteiger partial charge in [0.15, 0.2) is 0 Å². The third-order valence-electron chi connectivity index (χ3n) is 3.08. The van der Waals surface area contributed by atoms with E-state index in [9.17, 15) is 9.18 Å². The smallest absolute Gasteiger partial charge is 0.248 e. The maximum atomic E-state index is 12.9. The summed E-state index contributed by atoms with van der Waals surface area (Å²) >= 11 is 0. The van der Waals surface area contributed by atoms with Crippen LogP contribution in [-0.4, -0.2) is 10.5 Å². The van der Waals surface area contributed by atoms with E-state index in [0.717, 1.165) is 16.6 Å². The van der Waals surface area contributed by atoms with Crippen molar-refractivity contribution in [2.45, 2.75) is 0 Å². The number of nitrogens with two attached hydrogens (primary N) is 1. The summed E-state index contributed by atoms with van der Waals surface area (Å²) in [6, 6.07) is 13.4. The number of nitrogens with zero attached hydrogens (tertiary/aromatic N) is 1. The Morgan fingerprint density at radius 2 is 1.79 bits per heavy atom. The minimum absolute atomic E-state index is 0.280. The van der Waals surface area contributed by atoms with E-state index >= 15 is 0 Å². The Balaban J connectivity index is 2.21. The number of benzene rings is 2. The van der Waals surface area contributed by atoms with Gasteiger partial charge in [0.1, 0.15) is 5.82 Å². The largest absolute Gasteiger partial charge is 0.366 e. The number of halogens is 1. The first-order chi connectivity index (χ1) is 9.15. The van der Waals surface area contributed by atoms with Gasteiger partial charge in [-0.05, 0) is 47.9 Å². The van der Waals surface area contributed by atoms with Crippen molar-refractivity contribution in [3.63, 3.8) is 0 Å². The summed E-state index contributed by atoms with van der Waals surface area (Å²) in [7, 11) is 0. The standard InChI is InChI=1S/C15H11FN2O/c16-12-3-5-13(6-4-12)18-8-7-10-1-2-11(15(17)19)9-14(10)18/h1-9H,(H2,17,19). The van der Waals surface area contributed by atoms with Crippen molar-refractivity contribution in [2.75, 3.05) is 0 Å². The van der Waals surface area contributed by atoms with Crippen LogP contribution < -0.4 is 5.73 Å². The van der Waals surface area contributed by atoms with Gasteiger partial charge in [0.25, 0.3) is 0 Å². The molecule has 0 unspecified atom stereocenters. The van der Waals surface area contributed by atoms with E-state index < -0.39 is 5.91 Å². The van der Waals surface area contributed by atoms with Crippen LogP contribution in [0, 0.1) is 5.82 Å². The van der Waals surface area contributed by atoms with Crippen LogP contribution in [0.4, 0.5) is 4.39 Å². The van der Waals surface area contributed by atoms with Crippen LogP contribution in [0.5, 0.6) is 0 Å². The summed E-state index contributed by atoms with van der Waals surface area (Å²) in [6.45, 7) is 0. The van der Waals surface area contributed by atoms with Crippen LogP contribution in [-0.2, 0) is 0 Å². The zero-order valence-corrected chi connectivity index (χ0v) is 10.0. The molecule has 0 fully saturated rings. The molecule has 0 atom stereocenters. The summed E-state index contributed by atoms with van der Waals surface area (Å²) in [5.41, 5.74) is 7.43. The van der Waals surface area contributed by atoms with Gasteiger partial charge in [0.2, 0.25) is 5.91 Å². The molecule has 0 saturated heterocycles. The number of rotatable bonds is 2. The highest BCUT2D eigenvalue weighted by atomic mass is 19.1. The average Bonchev–Trinajstić information content (AvgIpc) is 2.82. The molecule has 0 bridgehead atoms. The summed E-state index contributed by atoms with van der Waals surface area (Å²) in [6.07, 6.45) is 1.88. The van der Waals surface area contributed by atoms with Crippen LogP contribution in [0.1, 0.15) is 10.4 Å². The highest BCUT2D eigenvalue weighted by molar-refractivity contribution is 5.97. The van der Waals surface area contributed by atoms with Crippen molar-refractivity contribution in [3.05, 3.63) is 66.1 Å². The molecular weight excluding hydrogens is 243 g/mol. The Morgan fingerprint density at radius 1 is 1.05 bits per heavy atom. The third kappa shape index (κ3) is 1.97. The molecule has 94 valence electrons. The van der Waals surface area contributed by atoms with Crippen molar-refractivity contribution in [1.82, 2.24) is 4.57 Å². The predicted molar refractivity (Wildman–Crippen MR) is 71.8 cm³/mol. The van der Waals surface area contributed by atoms with E-state index in [0.29, 0.717) is 5.56 Å². The summed E-state index contributed by atoms with van der Waals surface area (Å²) < 4.78 is 14.8. The molecular formula is C15H11FN2O. The second-order valence-electron chi connectivity index (χ2n) is 4.30. The van der Waals surface area contributed by atoms with Crippen LogP contribution in [0.3, 0.4) is 0 Å². The number of aromatic nitrogens is 1. The minimum atomic E-state index is -0.464. The molecule has 0 aliphatic rings. The Labute approximate surface area is 109 Å². The van der Waals surface area contributed by atoms with Crippen LogP contribution in [0.25, 0.3) is 16.6 Å². The number of primary amides is 1. The molecule has 3 aromatic rings. The molecule has 0 spiro atoms. The van der Waals surface area contributed by atoms with E-state index in [2.05, 4.69) is 0 Å². The SMILES string of the molecule is NC(=O)c1ccc2ccn(-c3ccc(F)cc3)c2c1. The fourth-order valence-corrected chi connectivity index (χ4v) is 2.11. The van der Waals surface area contributed by atoms with Crippen LogP contribution in [0.2, 0.25) is 0 Å². The van der Waals surface area contributed by atoms with Gasteiger partial charge in [-0.15, -0.1) is 0 Å². The lowest BCUT2D eigenvalue weighted by Crippen LogP contribution is -2.10. The number of fused-ring (bicyclic) bond motifs is 1. The third-order valence-corrected chi connectivity index (χ3v) is 3.08. The van der Waals surface area contributed by atoms with Gasteiger partial charge in [-0.3, -0.25) is 4.79 Å². The van der Waals surface area contributed by atoms with Crippen molar-refractivity contribution < 1.29 is 9.18 Å². The molecule has 1 amide bonds. The first kappa shape index (κ1) is 11.5. The number of hydrogen-bond acceptors (Lipinski definition) is 1. The van der Waals surface area contributed by atoms with Gasteiger partial charge in [-0.25, -0.2) is 4.39 Å². The van der Waals surface area contributed by atoms with Gasteiger partial charge < -0.3 is 10.3 Å². The van der Waals surface area contributed by atoms with E-state index in [1.807, 2.05) is 22.9 Å². The molecule has 2 aromatic carbocycles. The second kappa shape index (κ2) is 4.24. The first-order valence-corrected chi connectivity index (χ1v) is 5.82. The summed E-state index contributed by atoms with van der Waals surface area (Å²) in [5, 5.41) is 0.995.